The van der Waals surface area contributed by atoms with Crippen LogP contribution in [0.3, 0.4) is 0 Å². The molecule has 0 radical (unpaired) electrons. The minimum atomic E-state index is -0.0787. The van der Waals surface area contributed by atoms with E-state index in [9.17, 15) is 0 Å². The predicted molar refractivity (Wildman–Crippen MR) is 82.0 cm³/mol. The fraction of sp³-hybridized carbons (Fsp3) is 0.562. The highest BCUT2D eigenvalue weighted by molar-refractivity contribution is 5.87. The van der Waals surface area contributed by atoms with Crippen molar-refractivity contribution in [1.29, 1.82) is 0 Å². The molecule has 0 bridgehead atoms. The number of nitrogens with zero attached hydrogens (tertiary/aromatic N) is 1. The molecule has 4 heteroatoms. The summed E-state index contributed by atoms with van der Waals surface area (Å²) in [5.41, 5.74) is 6.93. The number of oxime groups is 1. The zero-order valence-corrected chi connectivity index (χ0v) is 12.1. The van der Waals surface area contributed by atoms with Crippen LogP contribution in [0.5, 0.6) is 0 Å². The molecular weight excluding hydrogens is 250 g/mol. The molecule has 2 atom stereocenters. The fourth-order valence-corrected chi connectivity index (χ4v) is 3.08. The first-order valence-electron chi connectivity index (χ1n) is 7.48. The highest BCUT2D eigenvalue weighted by Gasteiger charge is 2.23. The van der Waals surface area contributed by atoms with Gasteiger partial charge >= 0.3 is 0 Å². The van der Waals surface area contributed by atoms with Crippen molar-refractivity contribution < 1.29 is 5.21 Å². The number of benzene rings is 1. The topological polar surface area (TPSA) is 70.6 Å². The maximum absolute atomic E-state index is 8.98. The first-order chi connectivity index (χ1) is 9.72. The van der Waals surface area contributed by atoms with Gasteiger partial charge in [0.25, 0.3) is 0 Å². The van der Waals surface area contributed by atoms with E-state index in [0.29, 0.717) is 12.6 Å². The van der Waals surface area contributed by atoms with Gasteiger partial charge in [-0.2, -0.15) is 0 Å². The van der Waals surface area contributed by atoms with Crippen LogP contribution in [0.4, 0.5) is 0 Å². The molecule has 4 nitrogen and oxygen atoms in total. The number of amidine groups is 1. The average molecular weight is 275 g/mol. The van der Waals surface area contributed by atoms with E-state index in [4.69, 9.17) is 10.9 Å². The largest absolute Gasteiger partial charge is 0.409 e. The van der Waals surface area contributed by atoms with Gasteiger partial charge in [-0.15, -0.1) is 0 Å². The average Bonchev–Trinajstić information content (AvgIpc) is 3.02. The first-order valence-corrected chi connectivity index (χ1v) is 7.48. The first kappa shape index (κ1) is 14.9. The second-order valence-electron chi connectivity index (χ2n) is 5.73. The standard InChI is InChI=1S/C16H25N3O/c1-12(13-7-5-6-8-13)18-11-15(16(17)19-20)14-9-3-2-4-10-14/h2-4,9-10,12-13,15,18,20H,5-8,11H2,1H3,(H2,17,19). The van der Waals surface area contributed by atoms with Crippen molar-refractivity contribution in [2.75, 3.05) is 6.54 Å². The van der Waals surface area contributed by atoms with Gasteiger partial charge in [-0.1, -0.05) is 48.3 Å². The quantitative estimate of drug-likeness (QED) is 0.323. The van der Waals surface area contributed by atoms with Gasteiger partial charge in [0.1, 0.15) is 5.84 Å². The maximum atomic E-state index is 8.98. The Morgan fingerprint density at radius 3 is 2.60 bits per heavy atom. The Kier molecular flexibility index (Phi) is 5.41. The third-order valence-corrected chi connectivity index (χ3v) is 4.43. The molecule has 1 fully saturated rings. The van der Waals surface area contributed by atoms with Crippen molar-refractivity contribution >= 4 is 5.84 Å². The van der Waals surface area contributed by atoms with Crippen LogP contribution in [0.15, 0.2) is 35.5 Å². The number of nitrogens with two attached hydrogens (primary N) is 1. The zero-order valence-electron chi connectivity index (χ0n) is 12.1. The van der Waals surface area contributed by atoms with Crippen LogP contribution in [-0.4, -0.2) is 23.6 Å². The van der Waals surface area contributed by atoms with Gasteiger partial charge in [0.05, 0.1) is 5.92 Å². The summed E-state index contributed by atoms with van der Waals surface area (Å²) in [5.74, 6) is 0.950. The van der Waals surface area contributed by atoms with E-state index in [-0.39, 0.29) is 11.8 Å². The Morgan fingerprint density at radius 1 is 1.35 bits per heavy atom. The van der Waals surface area contributed by atoms with Gasteiger partial charge in [0.15, 0.2) is 0 Å². The summed E-state index contributed by atoms with van der Waals surface area (Å²) in [4.78, 5) is 0. The molecule has 0 aliphatic heterocycles. The molecule has 1 saturated carbocycles. The minimum absolute atomic E-state index is 0.0787. The van der Waals surface area contributed by atoms with Crippen molar-refractivity contribution in [2.45, 2.75) is 44.6 Å². The third-order valence-electron chi connectivity index (χ3n) is 4.43. The molecule has 1 aromatic rings. The van der Waals surface area contributed by atoms with Crippen LogP contribution in [0.2, 0.25) is 0 Å². The van der Waals surface area contributed by atoms with E-state index in [0.717, 1.165) is 11.5 Å². The normalized spacial score (nSPS) is 19.9. The Bertz CT molecular complexity index is 427. The van der Waals surface area contributed by atoms with Crippen molar-refractivity contribution in [3.63, 3.8) is 0 Å². The molecule has 4 N–H and O–H groups in total. The number of rotatable bonds is 6. The summed E-state index contributed by atoms with van der Waals surface area (Å²) in [5, 5.41) is 15.7. The van der Waals surface area contributed by atoms with Crippen molar-refractivity contribution in [3.8, 4) is 0 Å². The van der Waals surface area contributed by atoms with E-state index in [1.165, 1.54) is 25.7 Å². The second-order valence-corrected chi connectivity index (χ2v) is 5.73. The molecule has 110 valence electrons. The molecule has 1 aromatic carbocycles. The van der Waals surface area contributed by atoms with Crippen molar-refractivity contribution in [2.24, 2.45) is 16.8 Å². The summed E-state index contributed by atoms with van der Waals surface area (Å²) in [6, 6.07) is 10.5. The summed E-state index contributed by atoms with van der Waals surface area (Å²) >= 11 is 0. The molecule has 0 spiro atoms. The van der Waals surface area contributed by atoms with Crippen LogP contribution in [0, 0.1) is 5.92 Å². The van der Waals surface area contributed by atoms with Crippen LogP contribution >= 0.6 is 0 Å². The van der Waals surface area contributed by atoms with Gasteiger partial charge in [0.2, 0.25) is 0 Å². The summed E-state index contributed by atoms with van der Waals surface area (Å²) < 4.78 is 0. The maximum Gasteiger partial charge on any atom is 0.147 e. The van der Waals surface area contributed by atoms with Crippen molar-refractivity contribution in [3.05, 3.63) is 35.9 Å². The van der Waals surface area contributed by atoms with E-state index in [1.54, 1.807) is 0 Å². The molecule has 0 saturated heterocycles. The molecule has 1 aliphatic rings. The van der Waals surface area contributed by atoms with E-state index >= 15 is 0 Å². The lowest BCUT2D eigenvalue weighted by atomic mass is 9.95. The van der Waals surface area contributed by atoms with Gasteiger partial charge < -0.3 is 16.3 Å². The SMILES string of the molecule is CC(NCC(C(N)=NO)c1ccccc1)C1CCCC1. The highest BCUT2D eigenvalue weighted by atomic mass is 16.4. The summed E-state index contributed by atoms with van der Waals surface area (Å²) in [7, 11) is 0. The van der Waals surface area contributed by atoms with Crippen molar-refractivity contribution in [1.82, 2.24) is 5.32 Å². The monoisotopic (exact) mass is 275 g/mol. The van der Waals surface area contributed by atoms with Gasteiger partial charge in [-0.3, -0.25) is 0 Å². The summed E-state index contributed by atoms with van der Waals surface area (Å²) in [6.45, 7) is 2.95. The molecule has 0 aromatic heterocycles. The van der Waals surface area contributed by atoms with Crippen LogP contribution in [0.1, 0.15) is 44.1 Å². The Hall–Kier alpha value is -1.55. The fourth-order valence-electron chi connectivity index (χ4n) is 3.08. The Morgan fingerprint density at radius 2 is 2.00 bits per heavy atom. The number of nitrogens with one attached hydrogen (secondary N) is 1. The van der Waals surface area contributed by atoms with E-state index in [2.05, 4.69) is 17.4 Å². The smallest absolute Gasteiger partial charge is 0.147 e. The van der Waals surface area contributed by atoms with Crippen LogP contribution < -0.4 is 11.1 Å². The summed E-state index contributed by atoms with van der Waals surface area (Å²) in [6.07, 6.45) is 5.32. The molecule has 2 unspecified atom stereocenters. The third kappa shape index (κ3) is 3.73. The van der Waals surface area contributed by atoms with Crippen LogP contribution in [-0.2, 0) is 0 Å². The lowest BCUT2D eigenvalue weighted by Gasteiger charge is -2.24. The Balaban J connectivity index is 1.98. The molecule has 20 heavy (non-hydrogen) atoms. The number of hydrogen-bond acceptors (Lipinski definition) is 3. The lowest BCUT2D eigenvalue weighted by Crippen LogP contribution is -2.39. The molecular formula is C16H25N3O. The van der Waals surface area contributed by atoms with Crippen LogP contribution in [0.25, 0.3) is 0 Å². The molecule has 1 aliphatic carbocycles. The Labute approximate surface area is 121 Å². The predicted octanol–water partition coefficient (Wildman–Crippen LogP) is 2.68. The number of hydrogen-bond donors (Lipinski definition) is 3. The van der Waals surface area contributed by atoms with Gasteiger partial charge in [-0.05, 0) is 31.2 Å². The molecule has 0 heterocycles. The van der Waals surface area contributed by atoms with Gasteiger partial charge in [-0.25, -0.2) is 0 Å². The second kappa shape index (κ2) is 7.29. The highest BCUT2D eigenvalue weighted by Crippen LogP contribution is 2.27. The van der Waals surface area contributed by atoms with E-state index < -0.39 is 0 Å². The minimum Gasteiger partial charge on any atom is -0.409 e. The van der Waals surface area contributed by atoms with E-state index in [1.807, 2.05) is 30.3 Å². The lowest BCUT2D eigenvalue weighted by molar-refractivity contribution is 0.314. The van der Waals surface area contributed by atoms with Gasteiger partial charge in [0, 0.05) is 12.6 Å². The zero-order chi connectivity index (χ0) is 14.4. The molecule has 0 amide bonds. The molecule has 2 rings (SSSR count).